The van der Waals surface area contributed by atoms with E-state index in [2.05, 4.69) is 46.8 Å². The Hall–Kier alpha value is -0.250. The van der Waals surface area contributed by atoms with Gasteiger partial charge in [0, 0.05) is 25.0 Å². The van der Waals surface area contributed by atoms with E-state index in [-0.39, 0.29) is 0 Å². The summed E-state index contributed by atoms with van der Waals surface area (Å²) in [6, 6.07) is 6.85. The molecule has 19 heavy (non-hydrogen) atoms. The van der Waals surface area contributed by atoms with E-state index in [0.29, 0.717) is 11.9 Å². The van der Waals surface area contributed by atoms with Crippen LogP contribution in [0.1, 0.15) is 32.3 Å². The topological polar surface area (TPSA) is 12.5 Å². The fourth-order valence-corrected chi connectivity index (χ4v) is 3.15. The Labute approximate surface area is 130 Å². The standard InChI is InChI=1S/C15H23BrClNO/c1-4-13(5-2)18(9-8-17)11-12-6-7-15(19-3)14(16)10-12/h6-7,10,13H,4-5,8-9,11H2,1-3H3. The lowest BCUT2D eigenvalue weighted by atomic mass is 10.1. The van der Waals surface area contributed by atoms with Gasteiger partial charge in [0.05, 0.1) is 11.6 Å². The van der Waals surface area contributed by atoms with Gasteiger partial charge in [-0.3, -0.25) is 4.90 Å². The van der Waals surface area contributed by atoms with Gasteiger partial charge in [-0.25, -0.2) is 0 Å². The highest BCUT2D eigenvalue weighted by molar-refractivity contribution is 9.10. The van der Waals surface area contributed by atoms with E-state index < -0.39 is 0 Å². The highest BCUT2D eigenvalue weighted by Crippen LogP contribution is 2.26. The molecule has 1 aromatic rings. The zero-order chi connectivity index (χ0) is 14.3. The summed E-state index contributed by atoms with van der Waals surface area (Å²) in [4.78, 5) is 2.46. The highest BCUT2D eigenvalue weighted by Gasteiger charge is 2.15. The number of alkyl halides is 1. The number of benzene rings is 1. The van der Waals surface area contributed by atoms with Crippen molar-refractivity contribution < 1.29 is 4.74 Å². The predicted molar refractivity (Wildman–Crippen MR) is 86.2 cm³/mol. The first-order valence-electron chi connectivity index (χ1n) is 6.78. The normalized spacial score (nSPS) is 11.3. The van der Waals surface area contributed by atoms with Crippen LogP contribution in [-0.4, -0.2) is 30.5 Å². The van der Waals surface area contributed by atoms with E-state index in [1.807, 2.05) is 6.07 Å². The van der Waals surface area contributed by atoms with Gasteiger partial charge < -0.3 is 4.74 Å². The summed E-state index contributed by atoms with van der Waals surface area (Å²) in [5, 5.41) is 0. The molecule has 4 heteroatoms. The summed E-state index contributed by atoms with van der Waals surface area (Å²) in [6.45, 7) is 6.33. The molecule has 0 saturated heterocycles. The number of nitrogens with zero attached hydrogens (tertiary/aromatic N) is 1. The first-order valence-corrected chi connectivity index (χ1v) is 8.11. The zero-order valence-corrected chi connectivity index (χ0v) is 14.3. The van der Waals surface area contributed by atoms with E-state index in [1.54, 1.807) is 7.11 Å². The maximum absolute atomic E-state index is 5.93. The number of halogens is 2. The monoisotopic (exact) mass is 347 g/mol. The van der Waals surface area contributed by atoms with Crippen molar-refractivity contribution in [2.45, 2.75) is 39.3 Å². The van der Waals surface area contributed by atoms with Crippen molar-refractivity contribution in [3.05, 3.63) is 28.2 Å². The van der Waals surface area contributed by atoms with E-state index in [4.69, 9.17) is 16.3 Å². The molecule has 0 N–H and O–H groups in total. The summed E-state index contributed by atoms with van der Waals surface area (Å²) in [6.07, 6.45) is 2.31. The van der Waals surface area contributed by atoms with Crippen LogP contribution < -0.4 is 4.74 Å². The Morgan fingerprint density at radius 3 is 2.47 bits per heavy atom. The zero-order valence-electron chi connectivity index (χ0n) is 12.0. The van der Waals surface area contributed by atoms with Crippen LogP contribution in [-0.2, 0) is 6.54 Å². The Kier molecular flexibility index (Phi) is 7.81. The molecule has 2 nitrogen and oxygen atoms in total. The molecule has 0 aliphatic heterocycles. The van der Waals surface area contributed by atoms with Gasteiger partial charge in [0.15, 0.2) is 0 Å². The lowest BCUT2D eigenvalue weighted by molar-refractivity contribution is 0.188. The van der Waals surface area contributed by atoms with Gasteiger partial charge in [0.25, 0.3) is 0 Å². The van der Waals surface area contributed by atoms with E-state index in [1.165, 1.54) is 5.56 Å². The second kappa shape index (κ2) is 8.83. The molecule has 0 aromatic heterocycles. The molecule has 1 aromatic carbocycles. The van der Waals surface area contributed by atoms with Gasteiger partial charge in [-0.1, -0.05) is 19.9 Å². The molecule has 0 saturated carbocycles. The predicted octanol–water partition coefficient (Wildman–Crippen LogP) is 4.69. The SMILES string of the molecule is CCC(CC)N(CCCl)Cc1ccc(OC)c(Br)c1. The van der Waals surface area contributed by atoms with Crippen molar-refractivity contribution in [2.24, 2.45) is 0 Å². The lowest BCUT2D eigenvalue weighted by Crippen LogP contribution is -2.35. The minimum absolute atomic E-state index is 0.597. The maximum Gasteiger partial charge on any atom is 0.133 e. The smallest absolute Gasteiger partial charge is 0.133 e. The van der Waals surface area contributed by atoms with Crippen LogP contribution in [0, 0.1) is 0 Å². The largest absolute Gasteiger partial charge is 0.496 e. The van der Waals surface area contributed by atoms with Gasteiger partial charge >= 0.3 is 0 Å². The van der Waals surface area contributed by atoms with E-state index in [9.17, 15) is 0 Å². The minimum atomic E-state index is 0.597. The Morgan fingerprint density at radius 1 is 1.32 bits per heavy atom. The van der Waals surface area contributed by atoms with Gasteiger partial charge in [-0.05, 0) is 46.5 Å². The molecule has 0 radical (unpaired) electrons. The van der Waals surface area contributed by atoms with Crippen LogP contribution in [0.5, 0.6) is 5.75 Å². The molecular formula is C15H23BrClNO. The fourth-order valence-electron chi connectivity index (χ4n) is 2.35. The molecule has 0 heterocycles. The molecule has 0 amide bonds. The van der Waals surface area contributed by atoms with Crippen LogP contribution >= 0.6 is 27.5 Å². The summed E-state index contributed by atoms with van der Waals surface area (Å²) >= 11 is 9.47. The number of hydrogen-bond acceptors (Lipinski definition) is 2. The average Bonchev–Trinajstić information content (AvgIpc) is 2.40. The molecule has 0 aliphatic carbocycles. The van der Waals surface area contributed by atoms with Crippen molar-refractivity contribution in [2.75, 3.05) is 19.5 Å². The summed E-state index contributed by atoms with van der Waals surface area (Å²) in [5.74, 6) is 1.54. The molecule has 1 rings (SSSR count). The van der Waals surface area contributed by atoms with E-state index >= 15 is 0 Å². The summed E-state index contributed by atoms with van der Waals surface area (Å²) in [5.41, 5.74) is 1.28. The van der Waals surface area contributed by atoms with Crippen LogP contribution in [0.25, 0.3) is 0 Å². The first kappa shape index (κ1) is 16.8. The minimum Gasteiger partial charge on any atom is -0.496 e. The second-order valence-corrected chi connectivity index (χ2v) is 5.83. The van der Waals surface area contributed by atoms with Crippen molar-refractivity contribution >= 4 is 27.5 Å². The highest BCUT2D eigenvalue weighted by atomic mass is 79.9. The second-order valence-electron chi connectivity index (χ2n) is 4.60. The fraction of sp³-hybridized carbons (Fsp3) is 0.600. The van der Waals surface area contributed by atoms with Crippen molar-refractivity contribution in [3.63, 3.8) is 0 Å². The Bertz CT molecular complexity index is 382. The number of methoxy groups -OCH3 is 1. The third kappa shape index (κ3) is 4.97. The van der Waals surface area contributed by atoms with Crippen molar-refractivity contribution in [1.29, 1.82) is 0 Å². The van der Waals surface area contributed by atoms with E-state index in [0.717, 1.165) is 36.2 Å². The van der Waals surface area contributed by atoms with Gasteiger partial charge in [0.1, 0.15) is 5.75 Å². The third-order valence-corrected chi connectivity index (χ3v) is 4.22. The van der Waals surface area contributed by atoms with Gasteiger partial charge in [-0.2, -0.15) is 0 Å². The van der Waals surface area contributed by atoms with Crippen LogP contribution in [0.2, 0.25) is 0 Å². The molecule has 108 valence electrons. The maximum atomic E-state index is 5.93. The van der Waals surface area contributed by atoms with Gasteiger partial charge in [0.2, 0.25) is 0 Å². The number of rotatable bonds is 8. The molecule has 0 fully saturated rings. The molecular weight excluding hydrogens is 326 g/mol. The summed E-state index contributed by atoms with van der Waals surface area (Å²) < 4.78 is 6.26. The quantitative estimate of drug-likeness (QED) is 0.632. The Balaban J connectivity index is 2.81. The average molecular weight is 349 g/mol. The van der Waals surface area contributed by atoms with Crippen LogP contribution in [0.3, 0.4) is 0 Å². The molecule has 0 atom stereocenters. The lowest BCUT2D eigenvalue weighted by Gasteiger charge is -2.30. The van der Waals surface area contributed by atoms with Crippen LogP contribution in [0.15, 0.2) is 22.7 Å². The third-order valence-electron chi connectivity index (χ3n) is 3.43. The number of ether oxygens (including phenoxy) is 1. The van der Waals surface area contributed by atoms with Crippen molar-refractivity contribution in [1.82, 2.24) is 4.90 Å². The molecule has 0 aliphatic rings. The summed E-state index contributed by atoms with van der Waals surface area (Å²) in [7, 11) is 1.68. The van der Waals surface area contributed by atoms with Gasteiger partial charge in [-0.15, -0.1) is 11.6 Å². The molecule has 0 bridgehead atoms. The molecule has 0 spiro atoms. The number of hydrogen-bond donors (Lipinski definition) is 0. The van der Waals surface area contributed by atoms with Crippen LogP contribution in [0.4, 0.5) is 0 Å². The first-order chi connectivity index (χ1) is 9.15. The van der Waals surface area contributed by atoms with Crippen molar-refractivity contribution in [3.8, 4) is 5.75 Å². The molecule has 0 unspecified atom stereocenters. The Morgan fingerprint density at radius 2 is 2.00 bits per heavy atom.